The van der Waals surface area contributed by atoms with Crippen LogP contribution in [0, 0.1) is 6.92 Å². The van der Waals surface area contributed by atoms with Gasteiger partial charge in [-0.15, -0.1) is 0 Å². The summed E-state index contributed by atoms with van der Waals surface area (Å²) in [5.41, 5.74) is 2.91. The number of sulfonamides is 1. The zero-order chi connectivity index (χ0) is 26.8. The van der Waals surface area contributed by atoms with Gasteiger partial charge in [0.05, 0.1) is 10.9 Å². The Balaban J connectivity index is 1.30. The molecule has 10 heteroatoms. The van der Waals surface area contributed by atoms with Crippen LogP contribution in [0.5, 0.6) is 0 Å². The molecule has 0 unspecified atom stereocenters. The first-order chi connectivity index (χ1) is 17.5. The predicted molar refractivity (Wildman–Crippen MR) is 149 cm³/mol. The van der Waals surface area contributed by atoms with Crippen molar-refractivity contribution in [2.24, 2.45) is 0 Å². The molecule has 2 aromatic carbocycles. The molecule has 4 rings (SSSR count). The summed E-state index contributed by atoms with van der Waals surface area (Å²) in [6, 6.07) is 13.0. The van der Waals surface area contributed by atoms with Crippen LogP contribution < -0.4 is 14.9 Å². The Morgan fingerprint density at radius 2 is 1.68 bits per heavy atom. The summed E-state index contributed by atoms with van der Waals surface area (Å²) < 4.78 is 27.0. The molecule has 8 nitrogen and oxygen atoms in total. The highest BCUT2D eigenvalue weighted by Crippen LogP contribution is 2.36. The first-order valence-corrected chi connectivity index (χ1v) is 14.8. The standard InChI is InChI=1S/C27H37ClN4O4S/c1-19(2)37(35,36)30-23-10-14-32(15-11-23)26(33)29-24-8-9-25(20(3)18-24)31-16-12-27(34,13-17-31)21-4-6-22(28)7-5-21/h4-9,18-19,23,30,34H,10-17H2,1-3H3,(H,29,33). The van der Waals surface area contributed by atoms with Gasteiger partial charge in [-0.2, -0.15) is 0 Å². The Hall–Kier alpha value is -2.33. The molecule has 2 saturated heterocycles. The number of piperidine rings is 2. The maximum atomic E-state index is 12.8. The number of carbonyl (C=O) groups excluding carboxylic acids is 1. The monoisotopic (exact) mass is 548 g/mol. The number of aliphatic hydroxyl groups is 1. The van der Waals surface area contributed by atoms with Crippen molar-refractivity contribution in [1.29, 1.82) is 0 Å². The summed E-state index contributed by atoms with van der Waals surface area (Å²) in [5, 5.41) is 14.3. The number of likely N-dealkylation sites (tertiary alicyclic amines) is 1. The third-order valence-corrected chi connectivity index (χ3v) is 9.65. The van der Waals surface area contributed by atoms with Crippen molar-refractivity contribution in [3.63, 3.8) is 0 Å². The van der Waals surface area contributed by atoms with Crippen LogP contribution in [0.15, 0.2) is 42.5 Å². The zero-order valence-corrected chi connectivity index (χ0v) is 23.3. The Morgan fingerprint density at radius 1 is 1.05 bits per heavy atom. The van der Waals surface area contributed by atoms with Crippen molar-refractivity contribution in [1.82, 2.24) is 9.62 Å². The van der Waals surface area contributed by atoms with Crippen molar-refractivity contribution in [2.75, 3.05) is 36.4 Å². The largest absolute Gasteiger partial charge is 0.385 e. The SMILES string of the molecule is Cc1cc(NC(=O)N2CCC(NS(=O)(=O)C(C)C)CC2)ccc1N1CCC(O)(c2ccc(Cl)cc2)CC1. The minimum atomic E-state index is -3.32. The molecule has 0 atom stereocenters. The molecule has 2 aromatic rings. The molecule has 3 N–H and O–H groups in total. The molecule has 2 fully saturated rings. The van der Waals surface area contributed by atoms with Crippen molar-refractivity contribution in [2.45, 2.75) is 63.3 Å². The van der Waals surface area contributed by atoms with Gasteiger partial charge in [0.25, 0.3) is 0 Å². The van der Waals surface area contributed by atoms with Crippen LogP contribution in [0.4, 0.5) is 16.2 Å². The van der Waals surface area contributed by atoms with Crippen LogP contribution in [0.3, 0.4) is 0 Å². The van der Waals surface area contributed by atoms with Gasteiger partial charge in [0, 0.05) is 48.6 Å². The van der Waals surface area contributed by atoms with Crippen molar-refractivity contribution in [3.05, 3.63) is 58.6 Å². The van der Waals surface area contributed by atoms with Crippen LogP contribution >= 0.6 is 11.6 Å². The molecule has 0 radical (unpaired) electrons. The number of nitrogens with zero attached hydrogens (tertiary/aromatic N) is 2. The molecule has 0 aromatic heterocycles. The summed E-state index contributed by atoms with van der Waals surface area (Å²) >= 11 is 6.00. The number of anilines is 2. The van der Waals surface area contributed by atoms with Crippen molar-refractivity contribution in [3.8, 4) is 0 Å². The number of nitrogens with one attached hydrogen (secondary N) is 2. The molecule has 2 aliphatic rings. The number of hydrogen-bond acceptors (Lipinski definition) is 5. The van der Waals surface area contributed by atoms with Gasteiger partial charge >= 0.3 is 6.03 Å². The van der Waals surface area contributed by atoms with Crippen molar-refractivity contribution < 1.29 is 18.3 Å². The quantitative estimate of drug-likeness (QED) is 0.494. The minimum absolute atomic E-state index is 0.139. The number of benzene rings is 2. The summed E-state index contributed by atoms with van der Waals surface area (Å²) in [6.07, 6.45) is 2.43. The zero-order valence-electron chi connectivity index (χ0n) is 21.7. The van der Waals surface area contributed by atoms with E-state index >= 15 is 0 Å². The molecule has 0 spiro atoms. The smallest absolute Gasteiger partial charge is 0.321 e. The molecule has 37 heavy (non-hydrogen) atoms. The topological polar surface area (TPSA) is 102 Å². The number of hydrogen-bond donors (Lipinski definition) is 3. The third-order valence-electron chi connectivity index (χ3n) is 7.49. The number of aryl methyl sites for hydroxylation is 1. The highest BCUT2D eigenvalue weighted by Gasteiger charge is 2.34. The number of halogens is 1. The second kappa shape index (κ2) is 11.2. The maximum absolute atomic E-state index is 12.8. The molecule has 0 aliphatic carbocycles. The first kappa shape index (κ1) is 27.7. The van der Waals surface area contributed by atoms with E-state index in [2.05, 4.69) is 14.9 Å². The molecule has 2 heterocycles. The maximum Gasteiger partial charge on any atom is 0.321 e. The highest BCUT2D eigenvalue weighted by atomic mass is 35.5. The summed E-state index contributed by atoms with van der Waals surface area (Å²) in [5.74, 6) is 0. The van der Waals surface area contributed by atoms with E-state index in [0.29, 0.717) is 43.8 Å². The van der Waals surface area contributed by atoms with Gasteiger partial charge < -0.3 is 20.2 Å². The van der Waals surface area contributed by atoms with Crippen LogP contribution in [-0.4, -0.2) is 61.9 Å². The van der Waals surface area contributed by atoms with Crippen LogP contribution in [-0.2, 0) is 15.6 Å². The molecular weight excluding hydrogens is 512 g/mol. The minimum Gasteiger partial charge on any atom is -0.385 e. The average Bonchev–Trinajstić information content (AvgIpc) is 2.85. The van der Waals surface area contributed by atoms with Gasteiger partial charge in [0.2, 0.25) is 10.0 Å². The third kappa shape index (κ3) is 6.57. The molecule has 2 amide bonds. The molecule has 2 aliphatic heterocycles. The van der Waals surface area contributed by atoms with Crippen LogP contribution in [0.1, 0.15) is 50.7 Å². The fraction of sp³-hybridized carbons (Fsp3) is 0.519. The van der Waals surface area contributed by atoms with E-state index in [9.17, 15) is 18.3 Å². The van der Waals surface area contributed by atoms with Gasteiger partial charge in [-0.05, 0) is 87.9 Å². The molecule has 0 bridgehead atoms. The van der Waals surface area contributed by atoms with Gasteiger partial charge in [-0.1, -0.05) is 23.7 Å². The van der Waals surface area contributed by atoms with E-state index in [1.54, 1.807) is 18.7 Å². The van der Waals surface area contributed by atoms with Gasteiger partial charge in [-0.25, -0.2) is 17.9 Å². The van der Waals surface area contributed by atoms with E-state index in [4.69, 9.17) is 11.6 Å². The Bertz CT molecular complexity index is 1200. The fourth-order valence-electron chi connectivity index (χ4n) is 5.03. The number of rotatable bonds is 6. The Kier molecular flexibility index (Phi) is 8.38. The lowest BCUT2D eigenvalue weighted by Crippen LogP contribution is -2.48. The summed E-state index contributed by atoms with van der Waals surface area (Å²) in [7, 11) is -3.32. The van der Waals surface area contributed by atoms with E-state index in [-0.39, 0.29) is 12.1 Å². The fourth-order valence-corrected chi connectivity index (χ4v) is 6.12. The highest BCUT2D eigenvalue weighted by molar-refractivity contribution is 7.90. The van der Waals surface area contributed by atoms with E-state index in [1.165, 1.54) is 0 Å². The van der Waals surface area contributed by atoms with E-state index in [0.717, 1.165) is 35.6 Å². The first-order valence-electron chi connectivity index (χ1n) is 12.9. The number of carbonyl (C=O) groups is 1. The molecular formula is C27H37ClN4O4S. The second-order valence-electron chi connectivity index (χ2n) is 10.4. The average molecular weight is 549 g/mol. The number of amides is 2. The second-order valence-corrected chi connectivity index (χ2v) is 13.1. The van der Waals surface area contributed by atoms with Crippen LogP contribution in [0.25, 0.3) is 0 Å². The van der Waals surface area contributed by atoms with Gasteiger partial charge in [0.1, 0.15) is 0 Å². The Morgan fingerprint density at radius 3 is 2.24 bits per heavy atom. The normalized spacial score (nSPS) is 18.8. The van der Waals surface area contributed by atoms with E-state index in [1.807, 2.05) is 49.4 Å². The molecule has 0 saturated carbocycles. The van der Waals surface area contributed by atoms with Crippen molar-refractivity contribution >= 4 is 39.0 Å². The lowest BCUT2D eigenvalue weighted by Gasteiger charge is -2.40. The van der Waals surface area contributed by atoms with Gasteiger partial charge in [-0.3, -0.25) is 0 Å². The summed E-state index contributed by atoms with van der Waals surface area (Å²) in [4.78, 5) is 16.8. The van der Waals surface area contributed by atoms with Gasteiger partial charge in [0.15, 0.2) is 0 Å². The van der Waals surface area contributed by atoms with E-state index < -0.39 is 20.9 Å². The molecule has 202 valence electrons. The lowest BCUT2D eigenvalue weighted by atomic mass is 9.84. The lowest BCUT2D eigenvalue weighted by molar-refractivity contribution is 0.0117. The predicted octanol–water partition coefficient (Wildman–Crippen LogP) is 4.46. The Labute approximate surface area is 225 Å². The number of urea groups is 1. The summed E-state index contributed by atoms with van der Waals surface area (Å²) in [6.45, 7) is 7.78. The van der Waals surface area contributed by atoms with Crippen LogP contribution in [0.2, 0.25) is 5.02 Å².